The Morgan fingerprint density at radius 1 is 1.27 bits per heavy atom. The van der Waals surface area contributed by atoms with E-state index >= 15 is 0 Å². The molecule has 0 aliphatic heterocycles. The van der Waals surface area contributed by atoms with Crippen LogP contribution in [0.15, 0.2) is 24.3 Å². The molecule has 0 aliphatic rings. The van der Waals surface area contributed by atoms with Crippen molar-refractivity contribution in [3.63, 3.8) is 0 Å². The summed E-state index contributed by atoms with van der Waals surface area (Å²) >= 11 is 0. The number of hydrogen-bond acceptors (Lipinski definition) is 5. The third-order valence-electron chi connectivity index (χ3n) is 3.23. The summed E-state index contributed by atoms with van der Waals surface area (Å²) in [5.41, 5.74) is 0.894. The lowest BCUT2D eigenvalue weighted by atomic mass is 10.1. The second-order valence-electron chi connectivity index (χ2n) is 5.14. The van der Waals surface area contributed by atoms with Crippen LogP contribution in [0.25, 0.3) is 0 Å². The molecule has 1 amide bonds. The molecule has 0 aliphatic carbocycles. The zero-order chi connectivity index (χ0) is 16.8. The molecule has 1 aromatic rings. The highest BCUT2D eigenvalue weighted by atomic mass is 32.2. The van der Waals surface area contributed by atoms with Crippen molar-refractivity contribution in [2.75, 3.05) is 20.0 Å². The number of methoxy groups -OCH3 is 1. The minimum absolute atomic E-state index is 0.0413. The molecule has 0 spiro atoms. The molecule has 0 saturated heterocycles. The van der Waals surface area contributed by atoms with E-state index in [2.05, 4.69) is 0 Å². The minimum Gasteiger partial charge on any atom is -0.383 e. The molecule has 1 rings (SSSR count). The summed E-state index contributed by atoms with van der Waals surface area (Å²) in [7, 11) is -2.04. The van der Waals surface area contributed by atoms with E-state index in [0.717, 1.165) is 18.2 Å². The van der Waals surface area contributed by atoms with Crippen LogP contribution in [-0.2, 0) is 26.2 Å². The fourth-order valence-corrected chi connectivity index (χ4v) is 2.40. The maximum Gasteiger partial charge on any atom is 0.306 e. The fraction of sp³-hybridized carbons (Fsp3) is 0.533. The lowest BCUT2D eigenvalue weighted by Crippen LogP contribution is -2.39. The number of benzene rings is 1. The van der Waals surface area contributed by atoms with E-state index in [9.17, 15) is 13.2 Å². The number of hydrogen-bond donors (Lipinski definition) is 0. The van der Waals surface area contributed by atoms with Crippen molar-refractivity contribution in [1.82, 2.24) is 4.90 Å². The van der Waals surface area contributed by atoms with E-state index in [1.165, 1.54) is 7.11 Å². The molecule has 0 heterocycles. The molecule has 22 heavy (non-hydrogen) atoms. The van der Waals surface area contributed by atoms with Gasteiger partial charge in [0.15, 0.2) is 0 Å². The monoisotopic (exact) mass is 329 g/mol. The lowest BCUT2D eigenvalue weighted by molar-refractivity contribution is -0.138. The Balaban J connectivity index is 2.83. The molecule has 0 unspecified atom stereocenters. The molecule has 6 nitrogen and oxygen atoms in total. The third kappa shape index (κ3) is 6.03. The topological polar surface area (TPSA) is 72.9 Å². The van der Waals surface area contributed by atoms with Crippen LogP contribution in [0.2, 0.25) is 0 Å². The average molecular weight is 329 g/mol. The lowest BCUT2D eigenvalue weighted by Gasteiger charge is -2.28. The van der Waals surface area contributed by atoms with Gasteiger partial charge in [-0.1, -0.05) is 19.1 Å². The van der Waals surface area contributed by atoms with Gasteiger partial charge in [0.2, 0.25) is 5.91 Å². The summed E-state index contributed by atoms with van der Waals surface area (Å²) < 4.78 is 31.8. The highest BCUT2D eigenvalue weighted by molar-refractivity contribution is 7.86. The van der Waals surface area contributed by atoms with Crippen LogP contribution in [0.3, 0.4) is 0 Å². The van der Waals surface area contributed by atoms with Crippen LogP contribution in [0, 0.1) is 0 Å². The van der Waals surface area contributed by atoms with Crippen LogP contribution in [0.1, 0.15) is 25.8 Å². The Bertz CT molecular complexity index is 582. The van der Waals surface area contributed by atoms with Gasteiger partial charge in [0, 0.05) is 19.7 Å². The van der Waals surface area contributed by atoms with Gasteiger partial charge in [0.25, 0.3) is 0 Å². The second-order valence-corrected chi connectivity index (χ2v) is 6.72. The molecular formula is C15H23NO5S. The molecule has 0 radical (unpaired) electrons. The van der Waals surface area contributed by atoms with Crippen molar-refractivity contribution in [2.45, 2.75) is 32.9 Å². The van der Waals surface area contributed by atoms with Crippen molar-refractivity contribution < 1.29 is 22.1 Å². The van der Waals surface area contributed by atoms with Crippen molar-refractivity contribution in [2.24, 2.45) is 0 Å². The SMILES string of the molecule is CC[C@@H](C)N(Cc1ccc(OS(C)(=O)=O)cc1)C(=O)COC. The molecule has 0 aromatic heterocycles. The number of rotatable bonds is 8. The predicted octanol–water partition coefficient (Wildman–Crippen LogP) is 1.80. The van der Waals surface area contributed by atoms with Crippen molar-refractivity contribution in [3.8, 4) is 5.75 Å². The Labute approximate surface area is 132 Å². The van der Waals surface area contributed by atoms with Crippen LogP contribution in [0.4, 0.5) is 0 Å². The largest absolute Gasteiger partial charge is 0.383 e. The van der Waals surface area contributed by atoms with Gasteiger partial charge in [-0.3, -0.25) is 4.79 Å². The number of amides is 1. The average Bonchev–Trinajstić information content (AvgIpc) is 2.44. The van der Waals surface area contributed by atoms with Gasteiger partial charge in [0.1, 0.15) is 12.4 Å². The second kappa shape index (κ2) is 8.14. The first kappa shape index (κ1) is 18.4. The molecule has 0 N–H and O–H groups in total. The number of nitrogens with zero attached hydrogens (tertiary/aromatic N) is 1. The highest BCUT2D eigenvalue weighted by Gasteiger charge is 2.19. The number of carbonyl (C=O) groups is 1. The molecule has 0 fully saturated rings. The summed E-state index contributed by atoms with van der Waals surface area (Å²) in [4.78, 5) is 13.8. The molecule has 1 atom stereocenters. The van der Waals surface area contributed by atoms with E-state index in [4.69, 9.17) is 8.92 Å². The maximum absolute atomic E-state index is 12.1. The Morgan fingerprint density at radius 2 is 1.86 bits per heavy atom. The first-order valence-corrected chi connectivity index (χ1v) is 8.85. The first-order chi connectivity index (χ1) is 10.3. The molecule has 124 valence electrons. The van der Waals surface area contributed by atoms with Gasteiger partial charge in [0.05, 0.1) is 6.26 Å². The molecule has 0 bridgehead atoms. The summed E-state index contributed by atoms with van der Waals surface area (Å²) in [6, 6.07) is 6.73. The van der Waals surface area contributed by atoms with Crippen LogP contribution in [0.5, 0.6) is 5.75 Å². The van der Waals surface area contributed by atoms with E-state index in [1.54, 1.807) is 29.2 Å². The quantitative estimate of drug-likeness (QED) is 0.680. The van der Waals surface area contributed by atoms with Gasteiger partial charge in [-0.15, -0.1) is 0 Å². The van der Waals surface area contributed by atoms with Gasteiger partial charge in [-0.2, -0.15) is 8.42 Å². The van der Waals surface area contributed by atoms with Crippen molar-refractivity contribution in [3.05, 3.63) is 29.8 Å². The highest BCUT2D eigenvalue weighted by Crippen LogP contribution is 2.17. The summed E-state index contributed by atoms with van der Waals surface area (Å²) in [6.07, 6.45) is 1.83. The molecular weight excluding hydrogens is 306 g/mol. The van der Waals surface area contributed by atoms with E-state index < -0.39 is 10.1 Å². The third-order valence-corrected chi connectivity index (χ3v) is 3.73. The van der Waals surface area contributed by atoms with Gasteiger partial charge in [-0.05, 0) is 31.0 Å². The van der Waals surface area contributed by atoms with E-state index in [-0.39, 0.29) is 24.3 Å². The Morgan fingerprint density at radius 3 is 2.32 bits per heavy atom. The van der Waals surface area contributed by atoms with E-state index in [1.807, 2.05) is 13.8 Å². The van der Waals surface area contributed by atoms with E-state index in [0.29, 0.717) is 6.54 Å². The minimum atomic E-state index is -3.53. The van der Waals surface area contributed by atoms with Gasteiger partial charge < -0.3 is 13.8 Å². The summed E-state index contributed by atoms with van der Waals surface area (Å²) in [5, 5.41) is 0. The van der Waals surface area contributed by atoms with Gasteiger partial charge in [-0.25, -0.2) is 0 Å². The predicted molar refractivity (Wildman–Crippen MR) is 84.1 cm³/mol. The molecule has 1 aromatic carbocycles. The van der Waals surface area contributed by atoms with Crippen LogP contribution in [-0.4, -0.2) is 45.2 Å². The standard InChI is InChI=1S/C15H23NO5S/c1-5-12(2)16(15(17)11-20-3)10-13-6-8-14(9-7-13)21-22(4,18)19/h6-9,12H,5,10-11H2,1-4H3/t12-/m1/s1. The number of carbonyl (C=O) groups excluding carboxylic acids is 1. The normalized spacial score (nSPS) is 12.7. The smallest absolute Gasteiger partial charge is 0.306 e. The molecule has 0 saturated carbocycles. The van der Waals surface area contributed by atoms with Crippen LogP contribution >= 0.6 is 0 Å². The zero-order valence-corrected chi connectivity index (χ0v) is 14.2. The Kier molecular flexibility index (Phi) is 6.83. The maximum atomic E-state index is 12.1. The summed E-state index contributed by atoms with van der Waals surface area (Å²) in [6.45, 7) is 4.48. The molecule has 7 heteroatoms. The summed E-state index contributed by atoms with van der Waals surface area (Å²) in [5.74, 6) is 0.179. The Hall–Kier alpha value is -1.60. The van der Waals surface area contributed by atoms with Gasteiger partial charge >= 0.3 is 10.1 Å². The first-order valence-electron chi connectivity index (χ1n) is 7.03. The zero-order valence-electron chi connectivity index (χ0n) is 13.4. The van der Waals surface area contributed by atoms with Crippen LogP contribution < -0.4 is 4.18 Å². The number of ether oxygens (including phenoxy) is 1. The fourth-order valence-electron chi connectivity index (χ4n) is 1.94. The van der Waals surface area contributed by atoms with Crippen molar-refractivity contribution >= 4 is 16.0 Å². The van der Waals surface area contributed by atoms with Crippen molar-refractivity contribution in [1.29, 1.82) is 0 Å².